The number of benzene rings is 1. The Balaban J connectivity index is 1.60. The number of aromatic nitrogens is 1. The molecule has 1 aliphatic rings. The van der Waals surface area contributed by atoms with Crippen LogP contribution in [0.25, 0.3) is 0 Å². The van der Waals surface area contributed by atoms with Crippen LogP contribution in [0.15, 0.2) is 28.8 Å². The number of rotatable bonds is 6. The predicted molar refractivity (Wildman–Crippen MR) is 81.0 cm³/mol. The van der Waals surface area contributed by atoms with Crippen LogP contribution in [0.1, 0.15) is 49.1 Å². The highest BCUT2D eigenvalue weighted by Crippen LogP contribution is 2.44. The van der Waals surface area contributed by atoms with E-state index in [9.17, 15) is 4.39 Å². The lowest BCUT2D eigenvalue weighted by Gasteiger charge is -2.15. The van der Waals surface area contributed by atoms with Gasteiger partial charge in [0.25, 0.3) is 0 Å². The van der Waals surface area contributed by atoms with E-state index in [0.717, 1.165) is 35.5 Å². The molecule has 1 aliphatic carbocycles. The number of anilines is 1. The van der Waals surface area contributed by atoms with Gasteiger partial charge in [-0.1, -0.05) is 23.4 Å². The third-order valence-electron chi connectivity index (χ3n) is 4.03. The second kappa shape index (κ2) is 5.88. The Morgan fingerprint density at radius 3 is 2.86 bits per heavy atom. The summed E-state index contributed by atoms with van der Waals surface area (Å²) in [6.07, 6.45) is 3.97. The van der Waals surface area contributed by atoms with Crippen LogP contribution in [0.2, 0.25) is 0 Å². The zero-order valence-electron chi connectivity index (χ0n) is 12.5. The largest absolute Gasteiger partial charge is 0.378 e. The molecular formula is C17H21FN2O. The summed E-state index contributed by atoms with van der Waals surface area (Å²) in [4.78, 5) is 0. The number of hydrogen-bond donors (Lipinski definition) is 1. The molecule has 0 spiro atoms. The molecule has 0 aliphatic heterocycles. The fourth-order valence-corrected chi connectivity index (χ4v) is 2.58. The number of halogens is 1. The van der Waals surface area contributed by atoms with Crippen LogP contribution in [0.5, 0.6) is 0 Å². The van der Waals surface area contributed by atoms with Crippen molar-refractivity contribution in [3.63, 3.8) is 0 Å². The van der Waals surface area contributed by atoms with Gasteiger partial charge >= 0.3 is 0 Å². The van der Waals surface area contributed by atoms with Gasteiger partial charge in [-0.15, -0.1) is 0 Å². The SMILES string of the molecule is Cc1noc(C2CC2)c1N[C@@H](C)CCc1ccccc1F. The maximum Gasteiger partial charge on any atom is 0.163 e. The number of aryl methyl sites for hydroxylation is 2. The molecule has 0 unspecified atom stereocenters. The van der Waals surface area contributed by atoms with Gasteiger partial charge in [0, 0.05) is 12.0 Å². The van der Waals surface area contributed by atoms with Gasteiger partial charge in [0.05, 0.1) is 0 Å². The highest BCUT2D eigenvalue weighted by Gasteiger charge is 2.31. The Morgan fingerprint density at radius 2 is 2.14 bits per heavy atom. The van der Waals surface area contributed by atoms with Gasteiger partial charge in [0.2, 0.25) is 0 Å². The maximum atomic E-state index is 13.6. The van der Waals surface area contributed by atoms with Crippen molar-refractivity contribution >= 4 is 5.69 Å². The van der Waals surface area contributed by atoms with Crippen molar-refractivity contribution in [3.05, 3.63) is 47.1 Å². The number of nitrogens with zero attached hydrogens (tertiary/aromatic N) is 1. The Labute approximate surface area is 124 Å². The Morgan fingerprint density at radius 1 is 1.38 bits per heavy atom. The second-order valence-corrected chi connectivity index (χ2v) is 5.96. The maximum absolute atomic E-state index is 13.6. The van der Waals surface area contributed by atoms with E-state index < -0.39 is 0 Å². The molecule has 21 heavy (non-hydrogen) atoms. The molecule has 2 aromatic rings. The number of nitrogens with one attached hydrogen (secondary N) is 1. The molecule has 4 heteroatoms. The van der Waals surface area contributed by atoms with Crippen molar-refractivity contribution in [1.82, 2.24) is 5.16 Å². The predicted octanol–water partition coefficient (Wildman–Crippen LogP) is 4.43. The van der Waals surface area contributed by atoms with Crippen molar-refractivity contribution < 1.29 is 8.91 Å². The zero-order chi connectivity index (χ0) is 14.8. The van der Waals surface area contributed by atoms with Crippen LogP contribution < -0.4 is 5.32 Å². The molecule has 0 amide bonds. The van der Waals surface area contributed by atoms with Gasteiger partial charge in [0.1, 0.15) is 17.2 Å². The van der Waals surface area contributed by atoms with Gasteiger partial charge < -0.3 is 9.84 Å². The molecular weight excluding hydrogens is 267 g/mol. The lowest BCUT2D eigenvalue weighted by atomic mass is 10.1. The minimum atomic E-state index is -0.121. The van der Waals surface area contributed by atoms with Gasteiger partial charge in [-0.3, -0.25) is 0 Å². The third kappa shape index (κ3) is 3.26. The van der Waals surface area contributed by atoms with E-state index in [1.54, 1.807) is 6.07 Å². The fraction of sp³-hybridized carbons (Fsp3) is 0.471. The molecule has 0 bridgehead atoms. The van der Waals surface area contributed by atoms with Crippen molar-refractivity contribution in [1.29, 1.82) is 0 Å². The average Bonchev–Trinajstić information content (AvgIpc) is 3.25. The van der Waals surface area contributed by atoms with Crippen LogP contribution in [-0.4, -0.2) is 11.2 Å². The Kier molecular flexibility index (Phi) is 3.95. The van der Waals surface area contributed by atoms with E-state index in [1.807, 2.05) is 19.1 Å². The topological polar surface area (TPSA) is 38.1 Å². The lowest BCUT2D eigenvalue weighted by Crippen LogP contribution is -2.17. The molecule has 1 fully saturated rings. The van der Waals surface area contributed by atoms with Crippen LogP contribution in [0.4, 0.5) is 10.1 Å². The quantitative estimate of drug-likeness (QED) is 0.854. The molecule has 1 N–H and O–H groups in total. The summed E-state index contributed by atoms with van der Waals surface area (Å²) in [6, 6.07) is 7.22. The van der Waals surface area contributed by atoms with Gasteiger partial charge in [-0.25, -0.2) is 4.39 Å². The first-order valence-electron chi connectivity index (χ1n) is 7.61. The summed E-state index contributed by atoms with van der Waals surface area (Å²) in [5.74, 6) is 1.40. The zero-order valence-corrected chi connectivity index (χ0v) is 12.5. The third-order valence-corrected chi connectivity index (χ3v) is 4.03. The monoisotopic (exact) mass is 288 g/mol. The first-order chi connectivity index (χ1) is 10.1. The minimum Gasteiger partial charge on any atom is -0.378 e. The van der Waals surface area contributed by atoms with E-state index >= 15 is 0 Å². The van der Waals surface area contributed by atoms with Crippen LogP contribution in [0, 0.1) is 12.7 Å². The van der Waals surface area contributed by atoms with Crippen LogP contribution in [-0.2, 0) is 6.42 Å². The smallest absolute Gasteiger partial charge is 0.163 e. The van der Waals surface area contributed by atoms with Crippen molar-refractivity contribution in [2.24, 2.45) is 0 Å². The summed E-state index contributed by atoms with van der Waals surface area (Å²) in [7, 11) is 0. The van der Waals surface area contributed by atoms with E-state index in [1.165, 1.54) is 18.9 Å². The van der Waals surface area contributed by atoms with Crippen LogP contribution in [0.3, 0.4) is 0 Å². The first-order valence-corrected chi connectivity index (χ1v) is 7.61. The normalized spacial score (nSPS) is 16.0. The van der Waals surface area contributed by atoms with Gasteiger partial charge in [0.15, 0.2) is 5.76 Å². The van der Waals surface area contributed by atoms with Crippen molar-refractivity contribution in [3.8, 4) is 0 Å². The fourth-order valence-electron chi connectivity index (χ4n) is 2.58. The summed E-state index contributed by atoms with van der Waals surface area (Å²) in [5.41, 5.74) is 2.73. The van der Waals surface area contributed by atoms with Crippen molar-refractivity contribution in [2.75, 3.05) is 5.32 Å². The minimum absolute atomic E-state index is 0.121. The number of hydrogen-bond acceptors (Lipinski definition) is 3. The summed E-state index contributed by atoms with van der Waals surface area (Å²) in [6.45, 7) is 4.07. The summed E-state index contributed by atoms with van der Waals surface area (Å²) in [5, 5.41) is 7.56. The highest BCUT2D eigenvalue weighted by molar-refractivity contribution is 5.53. The molecule has 1 saturated carbocycles. The average molecular weight is 288 g/mol. The standard InChI is InChI=1S/C17H21FN2O/c1-11(7-8-13-5-3-4-6-15(13)18)19-16-12(2)20-21-17(16)14-9-10-14/h3-6,11,14,19H,7-10H2,1-2H3/t11-/m0/s1. The first kappa shape index (κ1) is 14.1. The molecule has 1 atom stereocenters. The second-order valence-electron chi connectivity index (χ2n) is 5.96. The van der Waals surface area contributed by atoms with E-state index in [4.69, 9.17) is 4.52 Å². The molecule has 1 aromatic heterocycles. The summed E-state index contributed by atoms with van der Waals surface area (Å²) < 4.78 is 19.0. The molecule has 3 nitrogen and oxygen atoms in total. The van der Waals surface area contributed by atoms with Crippen LogP contribution >= 0.6 is 0 Å². The van der Waals surface area contributed by atoms with Crippen molar-refractivity contribution in [2.45, 2.75) is 51.5 Å². The Bertz CT molecular complexity index is 619. The van der Waals surface area contributed by atoms with E-state index in [-0.39, 0.29) is 11.9 Å². The molecule has 112 valence electrons. The van der Waals surface area contributed by atoms with Gasteiger partial charge in [-0.05, 0) is 51.2 Å². The van der Waals surface area contributed by atoms with Gasteiger partial charge in [-0.2, -0.15) is 0 Å². The molecule has 3 rings (SSSR count). The van der Waals surface area contributed by atoms with E-state index in [2.05, 4.69) is 17.4 Å². The van der Waals surface area contributed by atoms with E-state index in [0.29, 0.717) is 5.92 Å². The molecule has 1 aromatic carbocycles. The molecule has 0 saturated heterocycles. The summed E-state index contributed by atoms with van der Waals surface area (Å²) >= 11 is 0. The highest BCUT2D eigenvalue weighted by atomic mass is 19.1. The molecule has 0 radical (unpaired) electrons. The molecule has 1 heterocycles. The Hall–Kier alpha value is -1.84. The lowest BCUT2D eigenvalue weighted by molar-refractivity contribution is 0.381.